The quantitative estimate of drug-likeness (QED) is 0.370. The molecule has 0 amide bonds. The fourth-order valence-electron chi connectivity index (χ4n) is 0. The minimum atomic E-state index is -2.64. The first-order valence-electron chi connectivity index (χ1n) is 1.57. The maximum Gasteiger partial charge on any atom is 0.339 e. The van der Waals surface area contributed by atoms with Crippen LogP contribution >= 0.6 is 22.6 Å². The molecule has 0 unspecified atom stereocenters. The van der Waals surface area contributed by atoms with Crippen LogP contribution in [0.2, 0.25) is 6.55 Å². The van der Waals surface area contributed by atoms with Gasteiger partial charge in [-0.25, -0.2) is 0 Å². The summed E-state index contributed by atoms with van der Waals surface area (Å²) in [5.74, 6) is 0. The van der Waals surface area contributed by atoms with Gasteiger partial charge in [-0.15, -0.1) is 0 Å². The average Bonchev–Trinajstić information content (AvgIpc) is 1.35. The Hall–Kier alpha value is 0.867. The lowest BCUT2D eigenvalue weighted by Crippen LogP contribution is -2.32. The first-order chi connectivity index (χ1) is 2.56. The molecule has 6 heavy (non-hydrogen) atoms. The summed E-state index contributed by atoms with van der Waals surface area (Å²) >= 11 is 1.96. The van der Waals surface area contributed by atoms with E-state index in [9.17, 15) is 0 Å². The molecule has 2 N–H and O–H groups in total. The third kappa shape index (κ3) is 4.87. The van der Waals surface area contributed by atoms with Gasteiger partial charge in [0, 0.05) is 4.05 Å². The minimum Gasteiger partial charge on any atom is -0.410 e. The molecule has 0 aliphatic heterocycles. The van der Waals surface area contributed by atoms with Crippen molar-refractivity contribution in [3.8, 4) is 0 Å². The molecule has 0 aliphatic carbocycles. The van der Waals surface area contributed by atoms with Crippen molar-refractivity contribution in [2.75, 3.05) is 4.05 Å². The lowest BCUT2D eigenvalue weighted by Gasteiger charge is -2.03. The van der Waals surface area contributed by atoms with Crippen LogP contribution in [0.15, 0.2) is 0 Å². The predicted molar refractivity (Wildman–Crippen MR) is 34.9 cm³/mol. The Morgan fingerprint density at radius 3 is 1.83 bits per heavy atom. The van der Waals surface area contributed by atoms with Crippen molar-refractivity contribution < 1.29 is 9.59 Å². The van der Waals surface area contributed by atoms with E-state index in [1.54, 1.807) is 0 Å². The number of alkyl halides is 1. The summed E-state index contributed by atoms with van der Waals surface area (Å²) in [7, 11) is -2.64. The van der Waals surface area contributed by atoms with Gasteiger partial charge in [0.15, 0.2) is 0 Å². The topological polar surface area (TPSA) is 40.5 Å². The molecule has 4 heteroatoms. The zero-order chi connectivity index (χ0) is 5.21. The molecule has 38 valence electrons. The van der Waals surface area contributed by atoms with Crippen molar-refractivity contribution >= 4 is 31.2 Å². The van der Waals surface area contributed by atoms with E-state index in [4.69, 9.17) is 9.59 Å². The van der Waals surface area contributed by atoms with Crippen LogP contribution in [0.1, 0.15) is 0 Å². The SMILES string of the molecule is C[Si](O)(O)CI. The third-order valence-electron chi connectivity index (χ3n) is 0.253. The van der Waals surface area contributed by atoms with Crippen molar-refractivity contribution in [3.05, 3.63) is 0 Å². The lowest BCUT2D eigenvalue weighted by atomic mass is 11.9. The maximum atomic E-state index is 8.51. The van der Waals surface area contributed by atoms with Gasteiger partial charge in [-0.1, -0.05) is 22.6 Å². The van der Waals surface area contributed by atoms with E-state index >= 15 is 0 Å². The van der Waals surface area contributed by atoms with Crippen LogP contribution in [0.25, 0.3) is 0 Å². The average molecular weight is 218 g/mol. The molecule has 0 aromatic carbocycles. The number of hydrogen-bond acceptors (Lipinski definition) is 2. The molecule has 0 fully saturated rings. The fourth-order valence-corrected chi connectivity index (χ4v) is 0. The second-order valence-corrected chi connectivity index (χ2v) is 6.34. The van der Waals surface area contributed by atoms with E-state index < -0.39 is 8.56 Å². The smallest absolute Gasteiger partial charge is 0.339 e. The molecule has 0 saturated carbocycles. The third-order valence-corrected chi connectivity index (χ3v) is 5.09. The maximum absolute atomic E-state index is 8.51. The molecule has 0 aromatic rings. The van der Waals surface area contributed by atoms with E-state index in [0.29, 0.717) is 4.05 Å². The van der Waals surface area contributed by atoms with Crippen LogP contribution in [0, 0.1) is 0 Å². The summed E-state index contributed by atoms with van der Waals surface area (Å²) in [5, 5.41) is 0. The van der Waals surface area contributed by atoms with Gasteiger partial charge in [0.25, 0.3) is 0 Å². The van der Waals surface area contributed by atoms with Gasteiger partial charge < -0.3 is 9.59 Å². The summed E-state index contributed by atoms with van der Waals surface area (Å²) in [5.41, 5.74) is 0. The van der Waals surface area contributed by atoms with E-state index in [1.807, 2.05) is 22.6 Å². The highest BCUT2D eigenvalue weighted by atomic mass is 127. The second kappa shape index (κ2) is 2.25. The van der Waals surface area contributed by atoms with Gasteiger partial charge in [-0.3, -0.25) is 0 Å². The largest absolute Gasteiger partial charge is 0.410 e. The van der Waals surface area contributed by atoms with Gasteiger partial charge in [0.2, 0.25) is 0 Å². The monoisotopic (exact) mass is 218 g/mol. The van der Waals surface area contributed by atoms with E-state index in [-0.39, 0.29) is 0 Å². The summed E-state index contributed by atoms with van der Waals surface area (Å²) < 4.78 is 0.491. The molecule has 0 aliphatic rings. The van der Waals surface area contributed by atoms with Crippen molar-refractivity contribution in [2.45, 2.75) is 6.55 Å². The highest BCUT2D eigenvalue weighted by Crippen LogP contribution is 1.94. The summed E-state index contributed by atoms with van der Waals surface area (Å²) in [4.78, 5) is 17.0. The first kappa shape index (κ1) is 6.87. The molecule has 0 radical (unpaired) electrons. The Morgan fingerprint density at radius 2 is 1.83 bits per heavy atom. The molecular weight excluding hydrogens is 211 g/mol. The van der Waals surface area contributed by atoms with Crippen molar-refractivity contribution in [2.24, 2.45) is 0 Å². The van der Waals surface area contributed by atoms with Gasteiger partial charge in [-0.2, -0.15) is 0 Å². The minimum absolute atomic E-state index is 0.491. The standard InChI is InChI=1S/C2H7IO2Si/c1-6(4,5)2-3/h4-5H,2H2,1H3. The summed E-state index contributed by atoms with van der Waals surface area (Å²) in [6, 6.07) is 0. The Kier molecular flexibility index (Phi) is 2.57. The van der Waals surface area contributed by atoms with Crippen LogP contribution in [0.4, 0.5) is 0 Å². The van der Waals surface area contributed by atoms with Crippen molar-refractivity contribution in [1.82, 2.24) is 0 Å². The van der Waals surface area contributed by atoms with Crippen LogP contribution in [-0.4, -0.2) is 22.2 Å². The molecular formula is C2H7IO2Si. The fraction of sp³-hybridized carbons (Fsp3) is 1.00. The Balaban J connectivity index is 3.17. The molecule has 0 aromatic heterocycles. The number of hydrogen-bond donors (Lipinski definition) is 2. The second-order valence-electron chi connectivity index (χ2n) is 1.35. The zero-order valence-electron chi connectivity index (χ0n) is 3.48. The van der Waals surface area contributed by atoms with Crippen molar-refractivity contribution in [3.63, 3.8) is 0 Å². The molecule has 0 bridgehead atoms. The predicted octanol–water partition coefficient (Wildman–Crippen LogP) is 0.0172. The van der Waals surface area contributed by atoms with Gasteiger partial charge in [-0.05, 0) is 6.55 Å². The Morgan fingerprint density at radius 1 is 1.67 bits per heavy atom. The number of rotatable bonds is 1. The zero-order valence-corrected chi connectivity index (χ0v) is 6.64. The molecule has 0 rings (SSSR count). The molecule has 0 spiro atoms. The normalized spacial score (nSPS) is 12.0. The van der Waals surface area contributed by atoms with Crippen LogP contribution in [0.3, 0.4) is 0 Å². The Bertz CT molecular complexity index is 41.3. The Labute approximate surface area is 51.6 Å². The highest BCUT2D eigenvalue weighted by molar-refractivity contribution is 14.1. The summed E-state index contributed by atoms with van der Waals surface area (Å²) in [6.07, 6.45) is 0. The molecule has 0 saturated heterocycles. The van der Waals surface area contributed by atoms with Gasteiger partial charge >= 0.3 is 8.56 Å². The van der Waals surface area contributed by atoms with Gasteiger partial charge in [0.1, 0.15) is 0 Å². The van der Waals surface area contributed by atoms with Crippen LogP contribution in [0.5, 0.6) is 0 Å². The van der Waals surface area contributed by atoms with E-state index in [1.165, 1.54) is 6.55 Å². The summed E-state index contributed by atoms with van der Waals surface area (Å²) in [6.45, 7) is 1.49. The molecule has 2 nitrogen and oxygen atoms in total. The molecule has 0 atom stereocenters. The van der Waals surface area contributed by atoms with Crippen LogP contribution in [-0.2, 0) is 0 Å². The molecule has 0 heterocycles. The highest BCUT2D eigenvalue weighted by Gasteiger charge is 2.17. The van der Waals surface area contributed by atoms with E-state index in [2.05, 4.69) is 0 Å². The number of halogens is 1. The first-order valence-corrected chi connectivity index (χ1v) is 5.70. The lowest BCUT2D eigenvalue weighted by molar-refractivity contribution is 0.382. The van der Waals surface area contributed by atoms with E-state index in [0.717, 1.165) is 0 Å². The van der Waals surface area contributed by atoms with Crippen LogP contribution < -0.4 is 0 Å². The van der Waals surface area contributed by atoms with Gasteiger partial charge in [0.05, 0.1) is 0 Å². The van der Waals surface area contributed by atoms with Crippen molar-refractivity contribution in [1.29, 1.82) is 0 Å².